The van der Waals surface area contributed by atoms with E-state index in [-0.39, 0.29) is 64.1 Å². The molecule has 0 saturated carbocycles. The van der Waals surface area contributed by atoms with E-state index in [0.29, 0.717) is 0 Å². The maximum absolute atomic E-state index is 12.6. The molecule has 0 unspecified atom stereocenters. The summed E-state index contributed by atoms with van der Waals surface area (Å²) in [5.74, 6) is 0.120. The van der Waals surface area contributed by atoms with Crippen molar-refractivity contribution in [2.75, 3.05) is 6.61 Å². The standard InChI is InChI=1S/C15H11ClF3NO4.Na/c1-2-23-14-8-10(4-5-12(14)20(21)22)24-13-6-3-9(7-11(13)16)15(17,18)19;/h3-8H,2H2,1H3;/q;+1. The summed E-state index contributed by atoms with van der Waals surface area (Å²) in [7, 11) is 0. The second-order valence-electron chi connectivity index (χ2n) is 4.56. The Hall–Kier alpha value is -1.48. The van der Waals surface area contributed by atoms with Crippen LogP contribution in [0.2, 0.25) is 5.02 Å². The average Bonchev–Trinajstić information content (AvgIpc) is 2.48. The van der Waals surface area contributed by atoms with Crippen LogP contribution in [0.25, 0.3) is 0 Å². The van der Waals surface area contributed by atoms with Crippen molar-refractivity contribution in [3.8, 4) is 17.2 Å². The Morgan fingerprint density at radius 1 is 1.16 bits per heavy atom. The molecule has 5 nitrogen and oxygen atoms in total. The molecule has 0 aliphatic rings. The first-order chi connectivity index (χ1) is 11.2. The molecule has 0 fully saturated rings. The summed E-state index contributed by atoms with van der Waals surface area (Å²) < 4.78 is 48.4. The first kappa shape index (κ1) is 21.6. The van der Waals surface area contributed by atoms with Crippen molar-refractivity contribution in [3.05, 3.63) is 57.1 Å². The summed E-state index contributed by atoms with van der Waals surface area (Å²) in [5, 5.41) is 10.7. The van der Waals surface area contributed by atoms with Crippen LogP contribution in [0.5, 0.6) is 17.2 Å². The van der Waals surface area contributed by atoms with Crippen LogP contribution in [0, 0.1) is 10.1 Å². The summed E-state index contributed by atoms with van der Waals surface area (Å²) in [6.45, 7) is 1.86. The minimum Gasteiger partial charge on any atom is -0.487 e. The minimum atomic E-state index is -4.52. The van der Waals surface area contributed by atoms with Crippen molar-refractivity contribution in [2.24, 2.45) is 0 Å². The Bertz CT molecular complexity index is 771. The van der Waals surface area contributed by atoms with Gasteiger partial charge in [0.1, 0.15) is 11.5 Å². The molecule has 0 amide bonds. The Morgan fingerprint density at radius 2 is 1.84 bits per heavy atom. The number of benzene rings is 2. The van der Waals surface area contributed by atoms with Gasteiger partial charge in [0, 0.05) is 12.1 Å². The van der Waals surface area contributed by atoms with Crippen LogP contribution in [0.4, 0.5) is 18.9 Å². The van der Waals surface area contributed by atoms with Gasteiger partial charge in [-0.25, -0.2) is 0 Å². The first-order valence-electron chi connectivity index (χ1n) is 6.68. The molecule has 2 aromatic carbocycles. The Balaban J connectivity index is 0.00000312. The van der Waals surface area contributed by atoms with Crippen molar-refractivity contribution in [1.29, 1.82) is 0 Å². The summed E-state index contributed by atoms with van der Waals surface area (Å²) >= 11 is 5.80. The maximum Gasteiger partial charge on any atom is 1.00 e. The van der Waals surface area contributed by atoms with Crippen LogP contribution in [-0.2, 0) is 6.18 Å². The van der Waals surface area contributed by atoms with Gasteiger partial charge in [-0.15, -0.1) is 0 Å². The molecular weight excluding hydrogens is 374 g/mol. The molecule has 0 radical (unpaired) electrons. The number of halogens is 4. The van der Waals surface area contributed by atoms with E-state index in [1.807, 2.05) is 0 Å². The normalized spacial score (nSPS) is 10.8. The molecule has 10 heteroatoms. The molecule has 0 heterocycles. The van der Waals surface area contributed by atoms with Gasteiger partial charge in [0.2, 0.25) is 5.75 Å². The summed E-state index contributed by atoms with van der Waals surface area (Å²) in [5.41, 5.74) is -1.15. The fraction of sp³-hybridized carbons (Fsp3) is 0.200. The zero-order chi connectivity index (χ0) is 17.9. The van der Waals surface area contributed by atoms with E-state index in [0.717, 1.165) is 18.2 Å². The molecule has 0 spiro atoms. The van der Waals surface area contributed by atoms with Gasteiger partial charge >= 0.3 is 41.4 Å². The molecule has 0 atom stereocenters. The quantitative estimate of drug-likeness (QED) is 0.451. The number of nitrogens with zero attached hydrogens (tertiary/aromatic N) is 1. The molecular formula is C15H11ClF3NNaO4+. The van der Waals surface area contributed by atoms with E-state index in [4.69, 9.17) is 21.1 Å². The third kappa shape index (κ3) is 5.50. The number of alkyl halides is 3. The van der Waals surface area contributed by atoms with Crippen LogP contribution < -0.4 is 39.0 Å². The number of ether oxygens (including phenoxy) is 2. The largest absolute Gasteiger partial charge is 1.00 e. The maximum atomic E-state index is 12.6. The zero-order valence-electron chi connectivity index (χ0n) is 13.3. The van der Waals surface area contributed by atoms with Gasteiger partial charge in [0.05, 0.1) is 22.1 Å². The third-order valence-electron chi connectivity index (χ3n) is 2.91. The van der Waals surface area contributed by atoms with Crippen molar-refractivity contribution < 1.29 is 57.1 Å². The second-order valence-corrected chi connectivity index (χ2v) is 4.97. The Labute approximate surface area is 168 Å². The van der Waals surface area contributed by atoms with Gasteiger partial charge in [0.15, 0.2) is 0 Å². The smallest absolute Gasteiger partial charge is 0.487 e. The topological polar surface area (TPSA) is 61.6 Å². The van der Waals surface area contributed by atoms with Gasteiger partial charge in [-0.05, 0) is 31.2 Å². The van der Waals surface area contributed by atoms with E-state index < -0.39 is 16.7 Å². The molecule has 0 aliphatic carbocycles. The van der Waals surface area contributed by atoms with Crippen molar-refractivity contribution >= 4 is 17.3 Å². The van der Waals surface area contributed by atoms with Crippen molar-refractivity contribution in [3.63, 3.8) is 0 Å². The minimum absolute atomic E-state index is 0. The number of hydrogen-bond acceptors (Lipinski definition) is 4. The molecule has 25 heavy (non-hydrogen) atoms. The molecule has 2 aromatic rings. The Morgan fingerprint density at radius 3 is 2.36 bits per heavy atom. The molecule has 0 saturated heterocycles. The molecule has 0 bridgehead atoms. The molecule has 0 N–H and O–H groups in total. The van der Waals surface area contributed by atoms with E-state index in [1.54, 1.807) is 6.92 Å². The van der Waals surface area contributed by atoms with Crippen LogP contribution in [0.1, 0.15) is 12.5 Å². The van der Waals surface area contributed by atoms with Gasteiger partial charge in [-0.1, -0.05) is 11.6 Å². The zero-order valence-corrected chi connectivity index (χ0v) is 16.0. The molecule has 0 aromatic heterocycles. The summed E-state index contributed by atoms with van der Waals surface area (Å²) in [6, 6.07) is 6.40. The van der Waals surface area contributed by atoms with Crippen LogP contribution in [0.15, 0.2) is 36.4 Å². The number of rotatable bonds is 5. The number of nitro benzene ring substituents is 1. The summed E-state index contributed by atoms with van der Waals surface area (Å²) in [4.78, 5) is 10.3. The van der Waals surface area contributed by atoms with Gasteiger partial charge in [-0.2, -0.15) is 13.2 Å². The molecule has 2 rings (SSSR count). The fourth-order valence-corrected chi connectivity index (χ4v) is 2.09. The monoisotopic (exact) mass is 384 g/mol. The number of nitro groups is 1. The SMILES string of the molecule is CCOc1cc(Oc2ccc(C(F)(F)F)cc2Cl)ccc1[N+](=O)[O-].[Na+]. The van der Waals surface area contributed by atoms with Crippen molar-refractivity contribution in [1.82, 2.24) is 0 Å². The van der Waals surface area contributed by atoms with Gasteiger partial charge in [-0.3, -0.25) is 10.1 Å². The second kappa shape index (κ2) is 8.75. The molecule has 128 valence electrons. The summed E-state index contributed by atoms with van der Waals surface area (Å²) in [6.07, 6.45) is -4.52. The van der Waals surface area contributed by atoms with E-state index in [2.05, 4.69) is 0 Å². The van der Waals surface area contributed by atoms with Crippen LogP contribution in [0.3, 0.4) is 0 Å². The van der Waals surface area contributed by atoms with Crippen molar-refractivity contribution in [2.45, 2.75) is 13.1 Å². The van der Waals surface area contributed by atoms with E-state index >= 15 is 0 Å². The first-order valence-corrected chi connectivity index (χ1v) is 7.06. The Kier molecular flexibility index (Phi) is 7.55. The predicted molar refractivity (Wildman–Crippen MR) is 80.8 cm³/mol. The van der Waals surface area contributed by atoms with Gasteiger partial charge in [0.25, 0.3) is 0 Å². The number of hydrogen-bond donors (Lipinski definition) is 0. The molecule has 0 aliphatic heterocycles. The van der Waals surface area contributed by atoms with E-state index in [1.165, 1.54) is 18.2 Å². The van der Waals surface area contributed by atoms with Crippen LogP contribution >= 0.6 is 11.6 Å². The van der Waals surface area contributed by atoms with E-state index in [9.17, 15) is 23.3 Å². The van der Waals surface area contributed by atoms with Gasteiger partial charge < -0.3 is 9.47 Å². The third-order valence-corrected chi connectivity index (χ3v) is 3.21. The predicted octanol–water partition coefficient (Wildman–Crippen LogP) is 2.46. The average molecular weight is 385 g/mol. The fourth-order valence-electron chi connectivity index (χ4n) is 1.87. The van der Waals surface area contributed by atoms with Crippen LogP contribution in [-0.4, -0.2) is 11.5 Å².